The fourth-order valence-corrected chi connectivity index (χ4v) is 5.20. The number of hydrogen-bond donors (Lipinski definition) is 1. The van der Waals surface area contributed by atoms with Gasteiger partial charge in [-0.1, -0.05) is 107 Å². The van der Waals surface area contributed by atoms with Gasteiger partial charge in [0.25, 0.3) is 0 Å². The Morgan fingerprint density at radius 3 is 1.56 bits per heavy atom. The maximum atomic E-state index is 12.6. The fraction of sp³-hybridized carbons (Fsp3) is 0.690. The first-order valence-corrected chi connectivity index (χ1v) is 19.3. The number of carbonyl (C=O) groups is 3. The van der Waals surface area contributed by atoms with Gasteiger partial charge in [0.15, 0.2) is 12.1 Å². The number of esters is 2. The van der Waals surface area contributed by atoms with Crippen molar-refractivity contribution in [3.05, 3.63) is 60.8 Å². The van der Waals surface area contributed by atoms with Crippen molar-refractivity contribution in [1.29, 1.82) is 0 Å². The molecular weight excluding hydrogens is 630 g/mol. The van der Waals surface area contributed by atoms with Crippen LogP contribution in [0.4, 0.5) is 0 Å². The second kappa shape index (κ2) is 33.2. The summed E-state index contributed by atoms with van der Waals surface area (Å²) in [5.74, 6) is -1.53. The molecule has 0 saturated carbocycles. The Hall–Kier alpha value is -2.97. The molecule has 0 amide bonds. The van der Waals surface area contributed by atoms with Gasteiger partial charge in [-0.2, -0.15) is 0 Å². The van der Waals surface area contributed by atoms with Crippen molar-refractivity contribution in [2.45, 2.75) is 148 Å². The number of carboxylic acids is 1. The number of hydrogen-bond acceptors (Lipinski definition) is 6. The first kappa shape index (κ1) is 47.0. The van der Waals surface area contributed by atoms with Gasteiger partial charge < -0.3 is 23.8 Å². The van der Waals surface area contributed by atoms with Crippen molar-refractivity contribution in [2.24, 2.45) is 0 Å². The zero-order chi connectivity index (χ0) is 37.1. The number of unbranched alkanes of at least 4 members (excludes halogenated alkanes) is 9. The number of aliphatic carboxylic acids is 1. The molecule has 0 aromatic heterocycles. The number of quaternary nitrogens is 1. The highest BCUT2D eigenvalue weighted by Gasteiger charge is 2.31. The average Bonchev–Trinajstić information content (AvgIpc) is 3.06. The standard InChI is InChI=1S/C42H71NO7/c1-6-8-10-12-14-16-18-20-21-23-25-27-29-31-33-41(45)50-38(36-48-35-34-39(42(46)47)43(3,4)5)37-49-40(44)32-30-28-26-24-22-19-17-15-13-11-9-7-2/h8-11,14-17,20-21,38-39H,6-7,12-13,18-19,22-37H2,1-5H3/p+1/b10-8+,11-9+,16-14+,17-15+,21-20+. The van der Waals surface area contributed by atoms with Gasteiger partial charge in [0, 0.05) is 19.3 Å². The summed E-state index contributed by atoms with van der Waals surface area (Å²) in [6.07, 6.45) is 38.4. The number of nitrogens with zero attached hydrogens (tertiary/aromatic N) is 1. The Morgan fingerprint density at radius 2 is 1.06 bits per heavy atom. The molecule has 1 N–H and O–H groups in total. The molecule has 0 rings (SSSR count). The van der Waals surface area contributed by atoms with Gasteiger partial charge in [0.05, 0.1) is 34.4 Å². The minimum atomic E-state index is -0.885. The Kier molecular flexibility index (Phi) is 31.2. The molecule has 8 nitrogen and oxygen atoms in total. The molecule has 0 aliphatic carbocycles. The van der Waals surface area contributed by atoms with E-state index in [0.717, 1.165) is 103 Å². The second-order valence-corrected chi connectivity index (χ2v) is 13.8. The zero-order valence-electron chi connectivity index (χ0n) is 32.3. The normalized spacial score (nSPS) is 13.7. The van der Waals surface area contributed by atoms with Gasteiger partial charge in [-0.25, -0.2) is 4.79 Å². The van der Waals surface area contributed by atoms with Gasteiger partial charge in [0.2, 0.25) is 0 Å². The van der Waals surface area contributed by atoms with E-state index in [9.17, 15) is 19.5 Å². The number of rotatable bonds is 33. The monoisotopic (exact) mass is 703 g/mol. The Bertz CT molecular complexity index is 1010. The molecule has 0 radical (unpaired) electrons. The van der Waals surface area contributed by atoms with Crippen LogP contribution >= 0.6 is 0 Å². The lowest BCUT2D eigenvalue weighted by Crippen LogP contribution is -2.50. The molecule has 0 aliphatic heterocycles. The van der Waals surface area contributed by atoms with E-state index < -0.39 is 18.1 Å². The van der Waals surface area contributed by atoms with E-state index in [1.165, 1.54) is 0 Å². The summed E-state index contributed by atoms with van der Waals surface area (Å²) in [5.41, 5.74) is 0. The Morgan fingerprint density at radius 1 is 0.600 bits per heavy atom. The van der Waals surface area contributed by atoms with E-state index in [-0.39, 0.29) is 36.2 Å². The quantitative estimate of drug-likeness (QED) is 0.0315. The van der Waals surface area contributed by atoms with E-state index in [1.807, 2.05) is 21.1 Å². The predicted molar refractivity (Wildman–Crippen MR) is 206 cm³/mol. The summed E-state index contributed by atoms with van der Waals surface area (Å²) >= 11 is 0. The van der Waals surface area contributed by atoms with Crippen LogP contribution in [0.5, 0.6) is 0 Å². The first-order valence-electron chi connectivity index (χ1n) is 19.3. The molecule has 2 atom stereocenters. The lowest BCUT2D eigenvalue weighted by Gasteiger charge is -2.31. The van der Waals surface area contributed by atoms with Gasteiger partial charge in [0.1, 0.15) is 6.61 Å². The fourth-order valence-electron chi connectivity index (χ4n) is 5.20. The van der Waals surface area contributed by atoms with Crippen molar-refractivity contribution in [1.82, 2.24) is 0 Å². The van der Waals surface area contributed by atoms with Crippen molar-refractivity contribution in [3.63, 3.8) is 0 Å². The van der Waals surface area contributed by atoms with Crippen molar-refractivity contribution in [2.75, 3.05) is 41.0 Å². The summed E-state index contributed by atoms with van der Waals surface area (Å²) < 4.78 is 17.2. The highest BCUT2D eigenvalue weighted by molar-refractivity contribution is 5.72. The molecule has 0 fully saturated rings. The van der Waals surface area contributed by atoms with Crippen LogP contribution < -0.4 is 0 Å². The number of ether oxygens (including phenoxy) is 3. The second-order valence-electron chi connectivity index (χ2n) is 13.8. The van der Waals surface area contributed by atoms with Crippen LogP contribution in [0.15, 0.2) is 60.8 Å². The molecule has 0 aromatic carbocycles. The summed E-state index contributed by atoms with van der Waals surface area (Å²) in [5, 5.41) is 9.58. The maximum absolute atomic E-state index is 12.6. The molecule has 0 heterocycles. The molecule has 8 heteroatoms. The van der Waals surface area contributed by atoms with E-state index >= 15 is 0 Å². The summed E-state index contributed by atoms with van der Waals surface area (Å²) in [6, 6.07) is -0.622. The smallest absolute Gasteiger partial charge is 0.362 e. The molecule has 0 saturated heterocycles. The highest BCUT2D eigenvalue weighted by atomic mass is 16.6. The minimum Gasteiger partial charge on any atom is -0.477 e. The number of allylic oxidation sites excluding steroid dienone is 10. The summed E-state index contributed by atoms with van der Waals surface area (Å²) in [6.45, 7) is 4.44. The van der Waals surface area contributed by atoms with Gasteiger partial charge in [-0.15, -0.1) is 0 Å². The SMILES string of the molecule is CC/C=C/C/C=C/C/C=C/CCCCCCC(=O)OC(COCCC(C(=O)O)[N+](C)(C)C)COC(=O)CCCCCCC/C=C/C/C=C/CC. The molecule has 50 heavy (non-hydrogen) atoms. The number of carbonyl (C=O) groups excluding carboxylic acids is 2. The van der Waals surface area contributed by atoms with Crippen LogP contribution in [0.3, 0.4) is 0 Å². The van der Waals surface area contributed by atoms with Crippen LogP contribution in [-0.2, 0) is 28.6 Å². The van der Waals surface area contributed by atoms with Crippen molar-refractivity contribution >= 4 is 17.9 Å². The van der Waals surface area contributed by atoms with Crippen molar-refractivity contribution < 1.29 is 38.2 Å². The molecule has 0 aromatic rings. The highest BCUT2D eigenvalue weighted by Crippen LogP contribution is 2.12. The van der Waals surface area contributed by atoms with E-state index in [2.05, 4.69) is 74.6 Å². The molecular formula is C42H72NO7+. The third-order valence-corrected chi connectivity index (χ3v) is 8.16. The number of carboxylic acid groups (broad SMARTS) is 1. The van der Waals surface area contributed by atoms with Crippen LogP contribution in [0.1, 0.15) is 136 Å². The van der Waals surface area contributed by atoms with E-state index in [0.29, 0.717) is 19.3 Å². The summed E-state index contributed by atoms with van der Waals surface area (Å²) in [4.78, 5) is 36.8. The average molecular weight is 703 g/mol. The maximum Gasteiger partial charge on any atom is 0.362 e. The Balaban J connectivity index is 4.49. The largest absolute Gasteiger partial charge is 0.477 e. The van der Waals surface area contributed by atoms with Crippen molar-refractivity contribution in [3.8, 4) is 0 Å². The van der Waals surface area contributed by atoms with E-state index in [1.54, 1.807) is 0 Å². The lowest BCUT2D eigenvalue weighted by molar-refractivity contribution is -0.887. The molecule has 2 unspecified atom stereocenters. The minimum absolute atomic E-state index is 0.0444. The topological polar surface area (TPSA) is 99.1 Å². The summed E-state index contributed by atoms with van der Waals surface area (Å²) in [7, 11) is 5.50. The van der Waals surface area contributed by atoms with Gasteiger partial charge >= 0.3 is 17.9 Å². The molecule has 0 spiro atoms. The molecule has 286 valence electrons. The van der Waals surface area contributed by atoms with Crippen LogP contribution in [-0.4, -0.2) is 80.6 Å². The lowest BCUT2D eigenvalue weighted by atomic mass is 10.1. The third kappa shape index (κ3) is 31.0. The van der Waals surface area contributed by atoms with Gasteiger partial charge in [-0.3, -0.25) is 9.59 Å². The van der Waals surface area contributed by atoms with Gasteiger partial charge in [-0.05, 0) is 70.6 Å². The first-order chi connectivity index (χ1) is 24.1. The zero-order valence-corrected chi connectivity index (χ0v) is 32.3. The number of likely N-dealkylation sites (N-methyl/N-ethyl adjacent to an activating group) is 1. The third-order valence-electron chi connectivity index (χ3n) is 8.16. The van der Waals surface area contributed by atoms with Crippen LogP contribution in [0.2, 0.25) is 0 Å². The van der Waals surface area contributed by atoms with E-state index in [4.69, 9.17) is 14.2 Å². The predicted octanol–water partition coefficient (Wildman–Crippen LogP) is 9.85. The van der Waals surface area contributed by atoms with Crippen LogP contribution in [0.25, 0.3) is 0 Å². The molecule has 0 aliphatic rings. The van der Waals surface area contributed by atoms with Crippen LogP contribution in [0, 0.1) is 0 Å². The molecule has 0 bridgehead atoms. The Labute approximate surface area is 305 Å².